The highest BCUT2D eigenvalue weighted by molar-refractivity contribution is 14.1. The van der Waals surface area contributed by atoms with Crippen molar-refractivity contribution in [2.75, 3.05) is 68.1 Å². The Bertz CT molecular complexity index is 681. The third-order valence-corrected chi connectivity index (χ3v) is 5.46. The lowest BCUT2D eigenvalue weighted by atomic mass is 10.3. The predicted octanol–water partition coefficient (Wildman–Crippen LogP) is 2.77. The third kappa shape index (κ3) is 6.52. The Hall–Kier alpha value is -0.990. The van der Waals surface area contributed by atoms with Gasteiger partial charge in [-0.3, -0.25) is 0 Å². The van der Waals surface area contributed by atoms with Crippen LogP contribution in [0, 0.1) is 13.1 Å². The van der Waals surface area contributed by atoms with E-state index in [4.69, 9.17) is 15.2 Å². The van der Waals surface area contributed by atoms with E-state index in [1.165, 1.54) is 6.07 Å². The summed E-state index contributed by atoms with van der Waals surface area (Å²) in [6.07, 6.45) is 0. The van der Waals surface area contributed by atoms with Crippen molar-refractivity contribution in [2.45, 2.75) is 0 Å². The molecule has 2 saturated heterocycles. The van der Waals surface area contributed by atoms with Crippen molar-refractivity contribution in [2.24, 2.45) is 0 Å². The molecule has 4 heterocycles. The van der Waals surface area contributed by atoms with Crippen molar-refractivity contribution in [1.82, 2.24) is 9.97 Å². The average molecular weight is 613 g/mol. The number of rotatable bonds is 2. The number of morpholine rings is 2. The number of hydrogen-bond acceptors (Lipinski definition) is 7. The summed E-state index contributed by atoms with van der Waals surface area (Å²) in [6, 6.07) is 7.21. The number of nitrogen functional groups attached to an aromatic ring is 1. The lowest BCUT2D eigenvalue weighted by Gasteiger charge is -2.28. The molecular weight excluding hydrogens is 591 g/mol. The summed E-state index contributed by atoms with van der Waals surface area (Å²) in [5, 5.41) is 0. The van der Waals surface area contributed by atoms with E-state index in [2.05, 4.69) is 60.0 Å². The lowest BCUT2D eigenvalue weighted by Crippen LogP contribution is -2.36. The van der Waals surface area contributed by atoms with E-state index in [1.807, 2.05) is 23.1 Å². The first-order valence-corrected chi connectivity index (χ1v) is 11.1. The zero-order valence-electron chi connectivity index (χ0n) is 15.3. The van der Waals surface area contributed by atoms with Crippen LogP contribution in [0.25, 0.3) is 0 Å². The minimum absolute atomic E-state index is 0.418. The van der Waals surface area contributed by atoms with Gasteiger partial charge in [0, 0.05) is 39.4 Å². The number of halogens is 3. The lowest BCUT2D eigenvalue weighted by molar-refractivity contribution is 0.122. The molecule has 0 radical (unpaired) electrons. The fourth-order valence-corrected chi connectivity index (χ4v) is 4.00. The van der Waals surface area contributed by atoms with E-state index in [1.54, 1.807) is 0 Å². The number of ether oxygens (including phenoxy) is 2. The van der Waals surface area contributed by atoms with Crippen LogP contribution >= 0.6 is 45.2 Å². The SMILES string of the molecule is Fc1cc(I)cc(N2CCOCC2)n1.Nc1cc(I)cc(N2CCOCC2)n1. The average Bonchev–Trinajstić information content (AvgIpc) is 2.68. The molecule has 2 aliphatic heterocycles. The van der Waals surface area contributed by atoms with Crippen LogP contribution in [0.3, 0.4) is 0 Å². The fraction of sp³-hybridized carbons (Fsp3) is 0.444. The van der Waals surface area contributed by atoms with Crippen LogP contribution in [-0.4, -0.2) is 62.6 Å². The Morgan fingerprint density at radius 1 is 0.786 bits per heavy atom. The summed E-state index contributed by atoms with van der Waals surface area (Å²) < 4.78 is 25.5. The van der Waals surface area contributed by atoms with E-state index in [9.17, 15) is 4.39 Å². The second kappa shape index (κ2) is 10.7. The highest BCUT2D eigenvalue weighted by Gasteiger charge is 2.14. The first-order chi connectivity index (χ1) is 13.5. The van der Waals surface area contributed by atoms with Crippen molar-refractivity contribution in [3.8, 4) is 0 Å². The second-order valence-electron chi connectivity index (χ2n) is 6.23. The Labute approximate surface area is 191 Å². The first-order valence-electron chi connectivity index (χ1n) is 8.93. The normalized spacial score (nSPS) is 17.1. The van der Waals surface area contributed by atoms with Crippen LogP contribution in [-0.2, 0) is 9.47 Å². The Morgan fingerprint density at radius 3 is 1.71 bits per heavy atom. The van der Waals surface area contributed by atoms with Gasteiger partial charge in [0.05, 0.1) is 26.4 Å². The zero-order chi connectivity index (χ0) is 19.9. The van der Waals surface area contributed by atoms with Gasteiger partial charge in [-0.05, 0) is 63.4 Å². The zero-order valence-corrected chi connectivity index (χ0v) is 19.6. The maximum atomic E-state index is 13.0. The molecular formula is C18H22FI2N5O2. The number of anilines is 3. The molecule has 0 spiro atoms. The van der Waals surface area contributed by atoms with E-state index >= 15 is 0 Å². The number of nitrogens with two attached hydrogens (primary N) is 1. The van der Waals surface area contributed by atoms with E-state index in [0.29, 0.717) is 24.8 Å². The highest BCUT2D eigenvalue weighted by Crippen LogP contribution is 2.19. The van der Waals surface area contributed by atoms with Crippen LogP contribution in [0.4, 0.5) is 21.8 Å². The van der Waals surface area contributed by atoms with Gasteiger partial charge in [-0.15, -0.1) is 0 Å². The summed E-state index contributed by atoms with van der Waals surface area (Å²) in [6.45, 7) is 6.28. The molecule has 0 bridgehead atoms. The van der Waals surface area contributed by atoms with Gasteiger partial charge in [-0.1, -0.05) is 0 Å². The number of aromatic nitrogens is 2. The van der Waals surface area contributed by atoms with Crippen LogP contribution in [0.1, 0.15) is 0 Å². The molecule has 0 amide bonds. The van der Waals surface area contributed by atoms with Gasteiger partial charge in [-0.25, -0.2) is 9.97 Å². The number of nitrogens with zero attached hydrogens (tertiary/aromatic N) is 4. The van der Waals surface area contributed by atoms with Crippen molar-refractivity contribution >= 4 is 62.6 Å². The van der Waals surface area contributed by atoms with E-state index in [0.717, 1.165) is 52.4 Å². The van der Waals surface area contributed by atoms with Gasteiger partial charge >= 0.3 is 0 Å². The molecule has 2 aromatic heterocycles. The second-order valence-corrected chi connectivity index (χ2v) is 8.72. The van der Waals surface area contributed by atoms with Gasteiger partial charge in [0.25, 0.3) is 0 Å². The molecule has 2 fully saturated rings. The van der Waals surface area contributed by atoms with E-state index < -0.39 is 5.95 Å². The largest absolute Gasteiger partial charge is 0.384 e. The smallest absolute Gasteiger partial charge is 0.215 e. The third-order valence-electron chi connectivity index (χ3n) is 4.21. The van der Waals surface area contributed by atoms with Crippen LogP contribution < -0.4 is 15.5 Å². The highest BCUT2D eigenvalue weighted by atomic mass is 127. The minimum atomic E-state index is -0.418. The summed E-state index contributed by atoms with van der Waals surface area (Å²) in [5.74, 6) is 1.83. The van der Waals surface area contributed by atoms with Gasteiger partial charge in [-0.2, -0.15) is 4.39 Å². The van der Waals surface area contributed by atoms with Crippen LogP contribution in [0.5, 0.6) is 0 Å². The van der Waals surface area contributed by atoms with Gasteiger partial charge in [0.15, 0.2) is 0 Å². The number of pyridine rings is 2. The molecule has 0 aromatic carbocycles. The monoisotopic (exact) mass is 613 g/mol. The van der Waals surface area contributed by atoms with Gasteiger partial charge < -0.3 is 25.0 Å². The van der Waals surface area contributed by atoms with Crippen molar-refractivity contribution < 1.29 is 13.9 Å². The molecule has 0 atom stereocenters. The topological polar surface area (TPSA) is 76.7 Å². The molecule has 0 saturated carbocycles. The molecule has 4 rings (SSSR count). The quantitative estimate of drug-likeness (QED) is 0.413. The molecule has 0 aliphatic carbocycles. The molecule has 7 nitrogen and oxygen atoms in total. The summed E-state index contributed by atoms with van der Waals surface area (Å²) in [5.41, 5.74) is 5.69. The standard InChI is InChI=1S/C9H10FIN2O.C9H12IN3O/c10-8-5-7(11)6-9(12-8)13-1-3-14-4-2-13;10-7-5-8(11)12-9(6-7)13-1-3-14-4-2-13/h5-6H,1-4H2;5-6H,1-4H2,(H2,11,12). The molecule has 152 valence electrons. The Kier molecular flexibility index (Phi) is 8.29. The molecule has 28 heavy (non-hydrogen) atoms. The maximum Gasteiger partial charge on any atom is 0.215 e. The summed E-state index contributed by atoms with van der Waals surface area (Å²) >= 11 is 4.34. The number of hydrogen-bond donors (Lipinski definition) is 1. The van der Waals surface area contributed by atoms with Crippen LogP contribution in [0.2, 0.25) is 0 Å². The fourth-order valence-electron chi connectivity index (χ4n) is 2.86. The van der Waals surface area contributed by atoms with Crippen molar-refractivity contribution in [3.63, 3.8) is 0 Å². The van der Waals surface area contributed by atoms with Crippen molar-refractivity contribution in [3.05, 3.63) is 37.4 Å². The molecule has 2 aromatic rings. The van der Waals surface area contributed by atoms with Gasteiger partial charge in [0.1, 0.15) is 17.5 Å². The van der Waals surface area contributed by atoms with Crippen LogP contribution in [0.15, 0.2) is 24.3 Å². The molecule has 10 heteroatoms. The minimum Gasteiger partial charge on any atom is -0.384 e. The molecule has 2 aliphatic rings. The predicted molar refractivity (Wildman–Crippen MR) is 124 cm³/mol. The Morgan fingerprint density at radius 2 is 1.25 bits per heavy atom. The van der Waals surface area contributed by atoms with Crippen molar-refractivity contribution in [1.29, 1.82) is 0 Å². The van der Waals surface area contributed by atoms with Gasteiger partial charge in [0.2, 0.25) is 5.95 Å². The summed E-state index contributed by atoms with van der Waals surface area (Å²) in [4.78, 5) is 12.4. The molecule has 2 N–H and O–H groups in total. The summed E-state index contributed by atoms with van der Waals surface area (Å²) in [7, 11) is 0. The first kappa shape index (κ1) is 21.7. The van der Waals surface area contributed by atoms with E-state index in [-0.39, 0.29) is 0 Å². The maximum absolute atomic E-state index is 13.0. The molecule has 0 unspecified atom stereocenters. The Balaban J connectivity index is 0.000000161.